The third kappa shape index (κ3) is 2.56. The Hall–Kier alpha value is -1.36. The summed E-state index contributed by atoms with van der Waals surface area (Å²) in [6, 6.07) is 0. The number of hydrazine groups is 1. The molecule has 1 heterocycles. The molecule has 0 radical (unpaired) electrons. The van der Waals surface area contributed by atoms with Crippen LogP contribution in [0.25, 0.3) is 0 Å². The maximum atomic E-state index is 11.6. The summed E-state index contributed by atoms with van der Waals surface area (Å²) < 4.78 is 0. The highest BCUT2D eigenvalue weighted by atomic mass is 16.2. The first-order valence-corrected chi connectivity index (χ1v) is 4.86. The Morgan fingerprint density at radius 2 is 1.93 bits per heavy atom. The van der Waals surface area contributed by atoms with Crippen molar-refractivity contribution in [2.24, 2.45) is 0 Å². The fourth-order valence-electron chi connectivity index (χ4n) is 1.52. The van der Waals surface area contributed by atoms with Crippen molar-refractivity contribution in [1.29, 1.82) is 0 Å². The Kier molecular flexibility index (Phi) is 3.47. The van der Waals surface area contributed by atoms with Gasteiger partial charge >= 0.3 is 11.8 Å². The summed E-state index contributed by atoms with van der Waals surface area (Å²) in [7, 11) is 3.50. The van der Waals surface area contributed by atoms with E-state index in [2.05, 4.69) is 6.58 Å². The van der Waals surface area contributed by atoms with Gasteiger partial charge in [0.15, 0.2) is 0 Å². The van der Waals surface area contributed by atoms with E-state index in [4.69, 9.17) is 0 Å². The van der Waals surface area contributed by atoms with Crippen LogP contribution in [0.4, 0.5) is 0 Å². The normalized spacial score (nSPS) is 17.6. The Morgan fingerprint density at radius 1 is 1.33 bits per heavy atom. The van der Waals surface area contributed by atoms with Crippen molar-refractivity contribution in [1.82, 2.24) is 14.9 Å². The summed E-state index contributed by atoms with van der Waals surface area (Å²) in [6.45, 7) is 7.15. The maximum Gasteiger partial charge on any atom is 0.326 e. The van der Waals surface area contributed by atoms with Gasteiger partial charge in [0.1, 0.15) is 0 Å². The first kappa shape index (κ1) is 11.7. The molecule has 0 spiro atoms. The van der Waals surface area contributed by atoms with Gasteiger partial charge < -0.3 is 4.90 Å². The Morgan fingerprint density at radius 3 is 2.40 bits per heavy atom. The Labute approximate surface area is 89.9 Å². The molecule has 84 valence electrons. The molecule has 0 aromatic heterocycles. The van der Waals surface area contributed by atoms with Crippen LogP contribution in [0.3, 0.4) is 0 Å². The van der Waals surface area contributed by atoms with Gasteiger partial charge in [0.25, 0.3) is 0 Å². The summed E-state index contributed by atoms with van der Waals surface area (Å²) in [5, 5.41) is 3.08. The first-order valence-electron chi connectivity index (χ1n) is 4.86. The fraction of sp³-hybridized carbons (Fsp3) is 0.600. The molecular formula is C10H17N3O2. The van der Waals surface area contributed by atoms with Gasteiger partial charge in [0.05, 0.1) is 6.54 Å². The minimum Gasteiger partial charge on any atom is -0.329 e. The number of hydrogen-bond donors (Lipinski definition) is 0. The standard InChI is InChI=1S/C10H17N3O2/c1-8(2)7-12-5-6-13(11(3)4)10(15)9(12)14/h1,5-7H2,2-4H3. The molecule has 2 amide bonds. The highest BCUT2D eigenvalue weighted by Crippen LogP contribution is 2.07. The molecule has 0 aromatic rings. The predicted octanol–water partition coefficient (Wildman–Crippen LogP) is -0.290. The fourth-order valence-corrected chi connectivity index (χ4v) is 1.52. The zero-order valence-corrected chi connectivity index (χ0v) is 9.49. The van der Waals surface area contributed by atoms with Gasteiger partial charge in [-0.3, -0.25) is 14.6 Å². The predicted molar refractivity (Wildman–Crippen MR) is 56.8 cm³/mol. The number of rotatable bonds is 3. The van der Waals surface area contributed by atoms with Crippen molar-refractivity contribution < 1.29 is 9.59 Å². The number of carbonyl (C=O) groups excluding carboxylic acids is 2. The molecule has 0 aromatic carbocycles. The number of carbonyl (C=O) groups is 2. The van der Waals surface area contributed by atoms with Crippen molar-refractivity contribution >= 4 is 11.8 Å². The van der Waals surface area contributed by atoms with Crippen molar-refractivity contribution in [2.45, 2.75) is 6.92 Å². The number of piperazine rings is 1. The molecule has 0 saturated carbocycles. The van der Waals surface area contributed by atoms with Crippen LogP contribution in [0.2, 0.25) is 0 Å². The lowest BCUT2D eigenvalue weighted by atomic mass is 10.2. The third-order valence-electron chi connectivity index (χ3n) is 2.23. The lowest BCUT2D eigenvalue weighted by molar-refractivity contribution is -0.166. The van der Waals surface area contributed by atoms with Crippen LogP contribution in [0, 0.1) is 0 Å². The van der Waals surface area contributed by atoms with Crippen LogP contribution < -0.4 is 0 Å². The minimum absolute atomic E-state index is 0.446. The molecule has 0 aliphatic carbocycles. The van der Waals surface area contributed by atoms with Crippen LogP contribution in [0.15, 0.2) is 12.2 Å². The molecule has 0 unspecified atom stereocenters. The Balaban J connectivity index is 2.69. The van der Waals surface area contributed by atoms with Crippen LogP contribution in [0.1, 0.15) is 6.92 Å². The number of nitrogens with zero attached hydrogens (tertiary/aromatic N) is 3. The van der Waals surface area contributed by atoms with E-state index in [0.29, 0.717) is 19.6 Å². The summed E-state index contributed by atoms with van der Waals surface area (Å²) in [5.41, 5.74) is 0.884. The number of hydrogen-bond acceptors (Lipinski definition) is 3. The summed E-state index contributed by atoms with van der Waals surface area (Å²) in [6.07, 6.45) is 0. The second-order valence-electron chi connectivity index (χ2n) is 3.96. The second kappa shape index (κ2) is 4.44. The molecule has 1 rings (SSSR count). The monoisotopic (exact) mass is 211 g/mol. The Bertz CT molecular complexity index is 299. The van der Waals surface area contributed by atoms with E-state index in [1.165, 1.54) is 9.91 Å². The molecule has 0 N–H and O–H groups in total. The van der Waals surface area contributed by atoms with Gasteiger partial charge in [0, 0.05) is 27.2 Å². The maximum absolute atomic E-state index is 11.6. The zero-order chi connectivity index (χ0) is 11.6. The molecular weight excluding hydrogens is 194 g/mol. The van der Waals surface area contributed by atoms with Gasteiger partial charge in [-0.1, -0.05) is 12.2 Å². The molecule has 0 bridgehead atoms. The van der Waals surface area contributed by atoms with Gasteiger partial charge in [-0.25, -0.2) is 5.01 Å². The van der Waals surface area contributed by atoms with E-state index < -0.39 is 11.8 Å². The van der Waals surface area contributed by atoms with E-state index in [0.717, 1.165) is 5.57 Å². The van der Waals surface area contributed by atoms with Crippen molar-refractivity contribution in [3.05, 3.63) is 12.2 Å². The smallest absolute Gasteiger partial charge is 0.326 e. The van der Waals surface area contributed by atoms with E-state index in [1.807, 2.05) is 6.92 Å². The zero-order valence-electron chi connectivity index (χ0n) is 9.49. The van der Waals surface area contributed by atoms with Gasteiger partial charge in [-0.2, -0.15) is 0 Å². The summed E-state index contributed by atoms with van der Waals surface area (Å²) in [4.78, 5) is 24.8. The molecule has 1 saturated heterocycles. The molecule has 1 aliphatic rings. The summed E-state index contributed by atoms with van der Waals surface area (Å²) in [5.74, 6) is -0.912. The topological polar surface area (TPSA) is 43.9 Å². The molecule has 1 fully saturated rings. The lowest BCUT2D eigenvalue weighted by Crippen LogP contribution is -2.58. The van der Waals surface area contributed by atoms with Gasteiger partial charge in [-0.05, 0) is 6.92 Å². The van der Waals surface area contributed by atoms with E-state index in [9.17, 15) is 9.59 Å². The number of amides is 2. The van der Waals surface area contributed by atoms with Gasteiger partial charge in [-0.15, -0.1) is 0 Å². The van der Waals surface area contributed by atoms with E-state index >= 15 is 0 Å². The van der Waals surface area contributed by atoms with Crippen LogP contribution in [0.5, 0.6) is 0 Å². The molecule has 5 heteroatoms. The minimum atomic E-state index is -0.465. The van der Waals surface area contributed by atoms with Crippen molar-refractivity contribution in [3.8, 4) is 0 Å². The quantitative estimate of drug-likeness (QED) is 0.476. The summed E-state index contributed by atoms with van der Waals surface area (Å²) >= 11 is 0. The highest BCUT2D eigenvalue weighted by Gasteiger charge is 2.33. The first-order chi connectivity index (χ1) is 6.93. The van der Waals surface area contributed by atoms with Crippen LogP contribution in [-0.2, 0) is 9.59 Å². The van der Waals surface area contributed by atoms with Gasteiger partial charge in [0.2, 0.25) is 0 Å². The highest BCUT2D eigenvalue weighted by molar-refractivity contribution is 6.35. The van der Waals surface area contributed by atoms with Crippen LogP contribution in [-0.4, -0.2) is 60.5 Å². The van der Waals surface area contributed by atoms with E-state index in [1.54, 1.807) is 19.1 Å². The second-order valence-corrected chi connectivity index (χ2v) is 3.96. The molecule has 1 aliphatic heterocycles. The average Bonchev–Trinajstić information content (AvgIpc) is 2.12. The molecule has 5 nitrogen and oxygen atoms in total. The van der Waals surface area contributed by atoms with Crippen LogP contribution >= 0.6 is 0 Å². The van der Waals surface area contributed by atoms with Crippen molar-refractivity contribution in [2.75, 3.05) is 33.7 Å². The molecule has 0 atom stereocenters. The largest absolute Gasteiger partial charge is 0.329 e. The van der Waals surface area contributed by atoms with E-state index in [-0.39, 0.29) is 0 Å². The third-order valence-corrected chi connectivity index (χ3v) is 2.23. The SMILES string of the molecule is C=C(C)CN1CCN(N(C)C)C(=O)C1=O. The molecule has 15 heavy (non-hydrogen) atoms. The average molecular weight is 211 g/mol. The lowest BCUT2D eigenvalue weighted by Gasteiger charge is -2.36. The van der Waals surface area contributed by atoms with Crippen molar-refractivity contribution in [3.63, 3.8) is 0 Å².